The number of methoxy groups -OCH3 is 1. The van der Waals surface area contributed by atoms with Gasteiger partial charge in [0.15, 0.2) is 0 Å². The highest BCUT2D eigenvalue weighted by Crippen LogP contribution is 2.51. The van der Waals surface area contributed by atoms with Crippen LogP contribution in [0.1, 0.15) is 43.2 Å². The van der Waals surface area contributed by atoms with E-state index in [1.807, 2.05) is 6.07 Å². The number of fused-ring (bicyclic) bond motifs is 2. The van der Waals surface area contributed by atoms with E-state index in [2.05, 4.69) is 12.1 Å². The van der Waals surface area contributed by atoms with Crippen LogP contribution in [0.5, 0.6) is 5.75 Å². The normalized spacial score (nSPS) is 25.9. The van der Waals surface area contributed by atoms with Crippen molar-refractivity contribution in [1.82, 2.24) is 0 Å². The first-order valence-corrected chi connectivity index (χ1v) is 6.62. The van der Waals surface area contributed by atoms with Crippen LogP contribution >= 0.6 is 0 Å². The maximum atomic E-state index is 10.5. The minimum absolute atomic E-state index is 0.0137. The van der Waals surface area contributed by atoms with Crippen molar-refractivity contribution in [2.45, 2.75) is 50.0 Å². The van der Waals surface area contributed by atoms with Crippen LogP contribution in [0, 0.1) is 0 Å². The molecule has 1 aromatic rings. The van der Waals surface area contributed by atoms with E-state index in [4.69, 9.17) is 4.74 Å². The molecule has 0 saturated heterocycles. The first-order valence-electron chi connectivity index (χ1n) is 6.62. The highest BCUT2D eigenvalue weighted by Gasteiger charge is 2.47. The van der Waals surface area contributed by atoms with Crippen LogP contribution in [-0.4, -0.2) is 18.3 Å². The molecule has 1 aromatic carbocycles. The van der Waals surface area contributed by atoms with Crippen LogP contribution in [0.25, 0.3) is 0 Å². The fourth-order valence-corrected chi connectivity index (χ4v) is 3.84. The van der Waals surface area contributed by atoms with Gasteiger partial charge in [0.2, 0.25) is 0 Å². The van der Waals surface area contributed by atoms with Gasteiger partial charge < -0.3 is 9.84 Å². The number of hydrogen-bond acceptors (Lipinski definition) is 2. The van der Waals surface area contributed by atoms with E-state index in [9.17, 15) is 5.11 Å². The molecule has 3 rings (SSSR count). The predicted molar refractivity (Wildman–Crippen MR) is 67.5 cm³/mol. The van der Waals surface area contributed by atoms with Gasteiger partial charge in [-0.15, -0.1) is 0 Å². The van der Waals surface area contributed by atoms with Crippen LogP contribution < -0.4 is 4.74 Å². The summed E-state index contributed by atoms with van der Waals surface area (Å²) in [5, 5.41) is 10.5. The molecule has 0 aromatic heterocycles. The van der Waals surface area contributed by atoms with E-state index in [-0.39, 0.29) is 11.5 Å². The number of hydrogen-bond donors (Lipinski definition) is 1. The SMILES string of the molecule is COc1cccc2c1C1(CCCC1)C(O)CC2. The molecule has 0 bridgehead atoms. The molecule has 1 N–H and O–H groups in total. The van der Waals surface area contributed by atoms with Gasteiger partial charge in [0.1, 0.15) is 5.75 Å². The zero-order chi connectivity index (χ0) is 11.9. The van der Waals surface area contributed by atoms with Crippen molar-refractivity contribution in [1.29, 1.82) is 0 Å². The quantitative estimate of drug-likeness (QED) is 0.806. The molecule has 2 heteroatoms. The van der Waals surface area contributed by atoms with Gasteiger partial charge in [-0.25, -0.2) is 0 Å². The molecule has 17 heavy (non-hydrogen) atoms. The number of aliphatic hydroxyl groups excluding tert-OH is 1. The summed E-state index contributed by atoms with van der Waals surface area (Å²) in [5.74, 6) is 0.975. The number of ether oxygens (including phenoxy) is 1. The highest BCUT2D eigenvalue weighted by atomic mass is 16.5. The largest absolute Gasteiger partial charge is 0.496 e. The molecule has 1 atom stereocenters. The van der Waals surface area contributed by atoms with Crippen molar-refractivity contribution in [3.8, 4) is 5.75 Å². The van der Waals surface area contributed by atoms with E-state index in [0.717, 1.165) is 31.4 Å². The van der Waals surface area contributed by atoms with Gasteiger partial charge in [-0.1, -0.05) is 25.0 Å². The molecule has 1 unspecified atom stereocenters. The molecule has 2 aliphatic rings. The van der Waals surface area contributed by atoms with Crippen LogP contribution in [0.4, 0.5) is 0 Å². The topological polar surface area (TPSA) is 29.5 Å². The third kappa shape index (κ3) is 1.50. The van der Waals surface area contributed by atoms with Gasteiger partial charge in [0, 0.05) is 11.0 Å². The summed E-state index contributed by atoms with van der Waals surface area (Å²) in [6.45, 7) is 0. The monoisotopic (exact) mass is 232 g/mol. The second-order valence-electron chi connectivity index (χ2n) is 5.41. The summed E-state index contributed by atoms with van der Waals surface area (Å²) in [4.78, 5) is 0. The van der Waals surface area contributed by atoms with E-state index in [1.165, 1.54) is 24.0 Å². The van der Waals surface area contributed by atoms with E-state index in [0.29, 0.717) is 0 Å². The Morgan fingerprint density at radius 2 is 2.06 bits per heavy atom. The smallest absolute Gasteiger partial charge is 0.122 e. The Morgan fingerprint density at radius 1 is 1.29 bits per heavy atom. The minimum Gasteiger partial charge on any atom is -0.496 e. The molecule has 2 nitrogen and oxygen atoms in total. The van der Waals surface area contributed by atoms with Crippen LogP contribution in [-0.2, 0) is 11.8 Å². The van der Waals surface area contributed by atoms with E-state index >= 15 is 0 Å². The maximum absolute atomic E-state index is 10.5. The number of aliphatic hydroxyl groups is 1. The van der Waals surface area contributed by atoms with Gasteiger partial charge in [-0.2, -0.15) is 0 Å². The fraction of sp³-hybridized carbons (Fsp3) is 0.600. The molecule has 0 heterocycles. The number of rotatable bonds is 1. The summed E-state index contributed by atoms with van der Waals surface area (Å²) in [6, 6.07) is 6.30. The van der Waals surface area contributed by atoms with Crippen molar-refractivity contribution < 1.29 is 9.84 Å². The Bertz CT molecular complexity index is 405. The molecule has 92 valence electrons. The van der Waals surface area contributed by atoms with Crippen LogP contribution in [0.15, 0.2) is 18.2 Å². The second kappa shape index (κ2) is 4.02. The van der Waals surface area contributed by atoms with Gasteiger partial charge in [-0.3, -0.25) is 0 Å². The standard InChI is InChI=1S/C15H20O2/c1-17-12-6-4-5-11-7-8-13(16)15(14(11)12)9-2-3-10-15/h4-6,13,16H,2-3,7-10H2,1H3. The molecule has 2 aliphatic carbocycles. The molecule has 0 aliphatic heterocycles. The lowest BCUT2D eigenvalue weighted by atomic mass is 9.66. The summed E-state index contributed by atoms with van der Waals surface area (Å²) < 4.78 is 5.54. The van der Waals surface area contributed by atoms with Crippen molar-refractivity contribution >= 4 is 0 Å². The minimum atomic E-state index is -0.186. The summed E-state index contributed by atoms with van der Waals surface area (Å²) in [5.41, 5.74) is 2.68. The Kier molecular flexibility index (Phi) is 2.62. The Morgan fingerprint density at radius 3 is 2.76 bits per heavy atom. The highest BCUT2D eigenvalue weighted by molar-refractivity contribution is 5.49. The van der Waals surface area contributed by atoms with Crippen molar-refractivity contribution in [3.05, 3.63) is 29.3 Å². The lowest BCUT2D eigenvalue weighted by Gasteiger charge is -2.41. The first-order chi connectivity index (χ1) is 8.28. The summed E-state index contributed by atoms with van der Waals surface area (Å²) in [7, 11) is 1.74. The van der Waals surface area contributed by atoms with E-state index in [1.54, 1.807) is 7.11 Å². The lowest BCUT2D eigenvalue weighted by Crippen LogP contribution is -2.41. The number of aryl methyl sites for hydroxylation is 1. The lowest BCUT2D eigenvalue weighted by molar-refractivity contribution is 0.0643. The van der Waals surface area contributed by atoms with Crippen molar-refractivity contribution in [2.75, 3.05) is 7.11 Å². The van der Waals surface area contributed by atoms with Crippen molar-refractivity contribution in [3.63, 3.8) is 0 Å². The fourth-order valence-electron chi connectivity index (χ4n) is 3.84. The summed E-state index contributed by atoms with van der Waals surface area (Å²) >= 11 is 0. The van der Waals surface area contributed by atoms with Crippen LogP contribution in [0.3, 0.4) is 0 Å². The second-order valence-corrected chi connectivity index (χ2v) is 5.41. The zero-order valence-electron chi connectivity index (χ0n) is 10.4. The molecule has 1 saturated carbocycles. The molecule has 0 amide bonds. The maximum Gasteiger partial charge on any atom is 0.122 e. The third-order valence-electron chi connectivity index (χ3n) is 4.65. The van der Waals surface area contributed by atoms with Crippen LogP contribution in [0.2, 0.25) is 0 Å². The average Bonchev–Trinajstić information content (AvgIpc) is 2.84. The summed E-state index contributed by atoms with van der Waals surface area (Å²) in [6.07, 6.45) is 6.38. The Labute approximate surface area is 103 Å². The molecular formula is C15H20O2. The number of benzene rings is 1. The molecule has 1 fully saturated rings. The molecule has 1 spiro atoms. The molecular weight excluding hydrogens is 212 g/mol. The molecule has 0 radical (unpaired) electrons. The van der Waals surface area contributed by atoms with Gasteiger partial charge >= 0.3 is 0 Å². The first kappa shape index (κ1) is 11.1. The van der Waals surface area contributed by atoms with Gasteiger partial charge in [0.05, 0.1) is 13.2 Å². The third-order valence-corrected chi connectivity index (χ3v) is 4.65. The predicted octanol–water partition coefficient (Wildman–Crippen LogP) is 2.81. The zero-order valence-corrected chi connectivity index (χ0v) is 10.4. The average molecular weight is 232 g/mol. The Balaban J connectivity index is 2.18. The van der Waals surface area contributed by atoms with Gasteiger partial charge in [-0.05, 0) is 37.3 Å². The van der Waals surface area contributed by atoms with Gasteiger partial charge in [0.25, 0.3) is 0 Å². The van der Waals surface area contributed by atoms with Crippen molar-refractivity contribution in [2.24, 2.45) is 0 Å². The van der Waals surface area contributed by atoms with E-state index < -0.39 is 0 Å². The Hall–Kier alpha value is -1.02.